The Morgan fingerprint density at radius 3 is 2.26 bits per heavy atom. The standard InChI is InChI=1S/C25H30FN3O4S2/c1-4-5-16-34(31)28-22-10-6-9-21-20(22)8-7-11-23(21)35(32,33)29-19-14-12-18(13-15-19)27-24(30)25(2,3)17-26/h6-15,28-29H,4-5,16-17H2,1-3H3,(H,27,30). The van der Waals surface area contributed by atoms with Crippen LogP contribution < -0.4 is 14.8 Å². The molecule has 0 aliphatic heterocycles. The van der Waals surface area contributed by atoms with Crippen LogP contribution in [0.1, 0.15) is 33.6 Å². The number of carbonyl (C=O) groups is 1. The zero-order valence-electron chi connectivity index (χ0n) is 19.9. The van der Waals surface area contributed by atoms with Gasteiger partial charge in [-0.05, 0) is 56.7 Å². The Hall–Kier alpha value is -2.98. The summed E-state index contributed by atoms with van der Waals surface area (Å²) in [6.45, 7) is 4.22. The number of carbonyl (C=O) groups excluding carboxylic acids is 1. The van der Waals surface area contributed by atoms with Crippen molar-refractivity contribution in [1.82, 2.24) is 0 Å². The molecule has 0 aromatic heterocycles. The van der Waals surface area contributed by atoms with E-state index in [2.05, 4.69) is 14.8 Å². The Kier molecular flexibility index (Phi) is 8.50. The molecule has 0 spiro atoms. The fourth-order valence-electron chi connectivity index (χ4n) is 3.25. The van der Waals surface area contributed by atoms with E-state index >= 15 is 0 Å². The quantitative estimate of drug-likeness (QED) is 0.313. The van der Waals surface area contributed by atoms with Crippen LogP contribution in [0.2, 0.25) is 0 Å². The summed E-state index contributed by atoms with van der Waals surface area (Å²) < 4.78 is 57.3. The van der Waals surface area contributed by atoms with Crippen molar-refractivity contribution >= 4 is 54.8 Å². The molecule has 0 fully saturated rings. The van der Waals surface area contributed by atoms with E-state index in [1.54, 1.807) is 42.5 Å². The third-order valence-electron chi connectivity index (χ3n) is 5.42. The second-order valence-electron chi connectivity index (χ2n) is 8.82. The van der Waals surface area contributed by atoms with Gasteiger partial charge in [0.25, 0.3) is 10.0 Å². The Labute approximate surface area is 208 Å². The van der Waals surface area contributed by atoms with Crippen molar-refractivity contribution in [3.8, 4) is 0 Å². The van der Waals surface area contributed by atoms with Gasteiger partial charge in [-0.15, -0.1) is 0 Å². The van der Waals surface area contributed by atoms with Crippen LogP contribution in [0.25, 0.3) is 10.8 Å². The first-order valence-electron chi connectivity index (χ1n) is 11.2. The van der Waals surface area contributed by atoms with Crippen LogP contribution in [0, 0.1) is 5.41 Å². The molecule has 3 aromatic carbocycles. The van der Waals surface area contributed by atoms with Gasteiger partial charge in [0.15, 0.2) is 0 Å². The van der Waals surface area contributed by atoms with E-state index in [4.69, 9.17) is 0 Å². The van der Waals surface area contributed by atoms with Crippen molar-refractivity contribution < 1.29 is 21.8 Å². The third kappa shape index (κ3) is 6.58. The van der Waals surface area contributed by atoms with E-state index < -0.39 is 39.0 Å². The number of fused-ring (bicyclic) bond motifs is 1. The molecule has 3 aromatic rings. The number of hydrogen-bond acceptors (Lipinski definition) is 4. The lowest BCUT2D eigenvalue weighted by Gasteiger charge is -2.19. The first kappa shape index (κ1) is 26.6. The largest absolute Gasteiger partial charge is 0.326 e. The third-order valence-corrected chi connectivity index (χ3v) is 7.97. The molecule has 0 aliphatic carbocycles. The van der Waals surface area contributed by atoms with Gasteiger partial charge in [0.1, 0.15) is 17.7 Å². The molecule has 1 unspecified atom stereocenters. The van der Waals surface area contributed by atoms with Crippen LogP contribution in [0.3, 0.4) is 0 Å². The fraction of sp³-hybridized carbons (Fsp3) is 0.320. The summed E-state index contributed by atoms with van der Waals surface area (Å²) in [6, 6.07) is 16.2. The van der Waals surface area contributed by atoms with Gasteiger partial charge in [0.2, 0.25) is 5.91 Å². The summed E-state index contributed by atoms with van der Waals surface area (Å²) in [4.78, 5) is 12.2. The number of halogens is 1. The molecular weight excluding hydrogens is 489 g/mol. The van der Waals surface area contributed by atoms with Crippen molar-refractivity contribution in [3.05, 3.63) is 60.7 Å². The number of benzene rings is 3. The minimum atomic E-state index is -3.95. The average Bonchev–Trinajstić information content (AvgIpc) is 2.83. The molecule has 0 saturated heterocycles. The zero-order chi connectivity index (χ0) is 25.6. The molecule has 0 aliphatic rings. The minimum absolute atomic E-state index is 0.0834. The number of hydrogen-bond donors (Lipinski definition) is 3. The van der Waals surface area contributed by atoms with Gasteiger partial charge >= 0.3 is 0 Å². The number of sulfonamides is 1. The van der Waals surface area contributed by atoms with Crippen molar-refractivity contribution in [1.29, 1.82) is 0 Å². The van der Waals surface area contributed by atoms with Gasteiger partial charge in [0, 0.05) is 27.9 Å². The summed E-state index contributed by atoms with van der Waals surface area (Å²) in [5.41, 5.74) is 0.173. The van der Waals surface area contributed by atoms with Gasteiger partial charge < -0.3 is 10.0 Å². The van der Waals surface area contributed by atoms with E-state index in [0.29, 0.717) is 33.6 Å². The topological polar surface area (TPSA) is 104 Å². The summed E-state index contributed by atoms with van der Waals surface area (Å²) in [5, 5.41) is 3.77. The van der Waals surface area contributed by atoms with Crippen LogP contribution in [-0.2, 0) is 25.8 Å². The van der Waals surface area contributed by atoms with Gasteiger partial charge in [-0.1, -0.05) is 37.6 Å². The molecule has 0 saturated carbocycles. The van der Waals surface area contributed by atoms with Crippen LogP contribution in [-0.4, -0.2) is 31.0 Å². The monoisotopic (exact) mass is 519 g/mol. The number of amides is 1. The summed E-state index contributed by atoms with van der Waals surface area (Å²) in [5.74, 6) is 0.0397. The number of unbranched alkanes of at least 4 members (excludes halogenated alkanes) is 1. The van der Waals surface area contributed by atoms with Gasteiger partial charge in [-0.25, -0.2) is 17.0 Å². The Morgan fingerprint density at radius 1 is 0.971 bits per heavy atom. The molecular formula is C25H30FN3O4S2. The summed E-state index contributed by atoms with van der Waals surface area (Å²) in [6.07, 6.45) is 1.75. The highest BCUT2D eigenvalue weighted by molar-refractivity contribution is 7.93. The van der Waals surface area contributed by atoms with E-state index in [9.17, 15) is 21.8 Å². The van der Waals surface area contributed by atoms with Crippen molar-refractivity contribution in [3.63, 3.8) is 0 Å². The lowest BCUT2D eigenvalue weighted by atomic mass is 9.94. The maximum atomic E-state index is 13.2. The summed E-state index contributed by atoms with van der Waals surface area (Å²) >= 11 is 0. The van der Waals surface area contributed by atoms with Crippen LogP contribution in [0.5, 0.6) is 0 Å². The number of alkyl halides is 1. The fourth-order valence-corrected chi connectivity index (χ4v) is 5.60. The molecule has 7 nitrogen and oxygen atoms in total. The lowest BCUT2D eigenvalue weighted by molar-refractivity contribution is -0.124. The van der Waals surface area contributed by atoms with E-state index in [1.807, 2.05) is 6.92 Å². The van der Waals surface area contributed by atoms with Gasteiger partial charge in [-0.2, -0.15) is 0 Å². The summed E-state index contributed by atoms with van der Waals surface area (Å²) in [7, 11) is -5.22. The average molecular weight is 520 g/mol. The second-order valence-corrected chi connectivity index (χ2v) is 11.8. The molecule has 0 bridgehead atoms. The predicted molar refractivity (Wildman–Crippen MR) is 141 cm³/mol. The molecule has 0 heterocycles. The van der Waals surface area contributed by atoms with Crippen LogP contribution in [0.4, 0.5) is 21.5 Å². The van der Waals surface area contributed by atoms with E-state index in [-0.39, 0.29) is 4.90 Å². The lowest BCUT2D eigenvalue weighted by Crippen LogP contribution is -2.32. The first-order chi connectivity index (χ1) is 16.6. The molecule has 3 N–H and O–H groups in total. The molecule has 1 atom stereocenters. The maximum Gasteiger partial charge on any atom is 0.262 e. The molecule has 1 amide bonds. The molecule has 188 valence electrons. The SMILES string of the molecule is CCCCS(=O)Nc1cccc2c(S(=O)(=O)Nc3ccc(NC(=O)C(C)(C)CF)cc3)cccc12. The Bertz CT molecular complexity index is 1330. The van der Waals surface area contributed by atoms with Crippen LogP contribution >= 0.6 is 0 Å². The Morgan fingerprint density at radius 2 is 1.60 bits per heavy atom. The second kappa shape index (κ2) is 11.2. The van der Waals surface area contributed by atoms with E-state index in [0.717, 1.165) is 12.8 Å². The number of rotatable bonds is 11. The van der Waals surface area contributed by atoms with Crippen molar-refractivity contribution in [2.24, 2.45) is 5.41 Å². The highest BCUT2D eigenvalue weighted by Gasteiger charge is 2.27. The molecule has 35 heavy (non-hydrogen) atoms. The molecule has 0 radical (unpaired) electrons. The number of nitrogens with one attached hydrogen (secondary N) is 3. The zero-order valence-corrected chi connectivity index (χ0v) is 21.6. The highest BCUT2D eigenvalue weighted by atomic mass is 32.2. The highest BCUT2D eigenvalue weighted by Crippen LogP contribution is 2.30. The van der Waals surface area contributed by atoms with Crippen LogP contribution in [0.15, 0.2) is 65.6 Å². The Balaban J connectivity index is 1.83. The van der Waals surface area contributed by atoms with E-state index in [1.165, 1.54) is 32.0 Å². The van der Waals surface area contributed by atoms with Crippen molar-refractivity contribution in [2.45, 2.75) is 38.5 Å². The maximum absolute atomic E-state index is 13.2. The van der Waals surface area contributed by atoms with Gasteiger partial charge in [0.05, 0.1) is 16.0 Å². The predicted octanol–water partition coefficient (Wildman–Crippen LogP) is 5.45. The van der Waals surface area contributed by atoms with Crippen molar-refractivity contribution in [2.75, 3.05) is 27.2 Å². The minimum Gasteiger partial charge on any atom is -0.326 e. The molecule has 3 rings (SSSR count). The number of anilines is 3. The normalized spacial score (nSPS) is 12.8. The smallest absolute Gasteiger partial charge is 0.262 e. The van der Waals surface area contributed by atoms with Gasteiger partial charge in [-0.3, -0.25) is 9.52 Å². The first-order valence-corrected chi connectivity index (χ1v) is 14.0. The molecule has 10 heteroatoms.